The monoisotopic (exact) mass is 567 g/mol. The van der Waals surface area contributed by atoms with Crippen LogP contribution in [0.3, 0.4) is 0 Å². The molecule has 0 saturated carbocycles. The van der Waals surface area contributed by atoms with Gasteiger partial charge in [-0.2, -0.15) is 0 Å². The molecule has 0 saturated heterocycles. The Kier molecular flexibility index (Phi) is 5.05. The minimum atomic E-state index is -0.0937. The summed E-state index contributed by atoms with van der Waals surface area (Å²) in [5.41, 5.74) is 15.8. The van der Waals surface area contributed by atoms with Gasteiger partial charge in [0.2, 0.25) is 0 Å². The van der Waals surface area contributed by atoms with Crippen LogP contribution < -0.4 is 4.90 Å². The lowest BCUT2D eigenvalue weighted by Crippen LogP contribution is -2.17. The summed E-state index contributed by atoms with van der Waals surface area (Å²) < 4.78 is 6.42. The van der Waals surface area contributed by atoms with E-state index in [9.17, 15) is 0 Å². The van der Waals surface area contributed by atoms with Gasteiger partial charge in [0.15, 0.2) is 0 Å². The van der Waals surface area contributed by atoms with Gasteiger partial charge in [-0.25, -0.2) is 0 Å². The first kappa shape index (κ1) is 25.4. The predicted molar refractivity (Wildman–Crippen MR) is 184 cm³/mol. The van der Waals surface area contributed by atoms with Crippen molar-refractivity contribution in [2.24, 2.45) is 0 Å². The summed E-state index contributed by atoms with van der Waals surface area (Å²) in [4.78, 5) is 2.45. The number of hydrogen-bond donors (Lipinski definition) is 0. The number of para-hydroxylation sites is 1. The van der Waals surface area contributed by atoms with Gasteiger partial charge in [-0.3, -0.25) is 0 Å². The lowest BCUT2D eigenvalue weighted by atomic mass is 9.82. The van der Waals surface area contributed by atoms with Crippen molar-refractivity contribution < 1.29 is 4.42 Å². The molecule has 1 heterocycles. The summed E-state index contributed by atoms with van der Waals surface area (Å²) in [6, 6.07) is 46.6. The van der Waals surface area contributed by atoms with E-state index in [0.29, 0.717) is 0 Å². The van der Waals surface area contributed by atoms with E-state index in [1.807, 2.05) is 6.07 Å². The minimum absolute atomic E-state index is 0.0854. The summed E-state index contributed by atoms with van der Waals surface area (Å²) in [5, 5.41) is 2.29. The normalized spacial score (nSPS) is 15.2. The average Bonchev–Trinajstić information content (AvgIpc) is 3.61. The molecule has 2 nitrogen and oxygen atoms in total. The number of benzene rings is 6. The number of rotatable bonds is 3. The van der Waals surface area contributed by atoms with Crippen molar-refractivity contribution in [2.45, 2.75) is 38.5 Å². The molecule has 9 rings (SSSR count). The molecule has 0 aliphatic heterocycles. The largest absolute Gasteiger partial charge is 0.456 e. The maximum absolute atomic E-state index is 6.42. The lowest BCUT2D eigenvalue weighted by Gasteiger charge is -2.30. The molecule has 212 valence electrons. The van der Waals surface area contributed by atoms with Gasteiger partial charge < -0.3 is 9.32 Å². The molecule has 0 fully saturated rings. The molecule has 2 aliphatic carbocycles. The van der Waals surface area contributed by atoms with E-state index in [1.54, 1.807) is 0 Å². The molecule has 0 atom stereocenters. The number of furan rings is 1. The second-order valence-corrected chi connectivity index (χ2v) is 13.4. The Morgan fingerprint density at radius 3 is 1.89 bits per heavy atom. The van der Waals surface area contributed by atoms with E-state index >= 15 is 0 Å². The molecule has 0 amide bonds. The zero-order valence-corrected chi connectivity index (χ0v) is 25.5. The van der Waals surface area contributed by atoms with E-state index in [1.165, 1.54) is 50.2 Å². The van der Waals surface area contributed by atoms with Gasteiger partial charge in [-0.15, -0.1) is 0 Å². The van der Waals surface area contributed by atoms with Crippen molar-refractivity contribution in [3.05, 3.63) is 150 Å². The molecule has 0 bridgehead atoms. The topological polar surface area (TPSA) is 16.4 Å². The molecule has 0 N–H and O–H groups in total. The number of fused-ring (bicyclic) bond motifs is 9. The van der Waals surface area contributed by atoms with Crippen molar-refractivity contribution in [3.63, 3.8) is 0 Å². The summed E-state index contributed by atoms with van der Waals surface area (Å²) in [6.45, 7) is 9.40. The number of hydrogen-bond acceptors (Lipinski definition) is 2. The summed E-state index contributed by atoms with van der Waals surface area (Å²) in [7, 11) is 0. The predicted octanol–water partition coefficient (Wildman–Crippen LogP) is 11.7. The fourth-order valence-electron chi connectivity index (χ4n) is 8.03. The van der Waals surface area contributed by atoms with Crippen LogP contribution in [0.4, 0.5) is 17.1 Å². The maximum atomic E-state index is 6.42. The highest BCUT2D eigenvalue weighted by Gasteiger charge is 2.39. The molecule has 0 spiro atoms. The van der Waals surface area contributed by atoms with Crippen LogP contribution in [0.25, 0.3) is 44.2 Å². The second kappa shape index (κ2) is 8.74. The smallest absolute Gasteiger partial charge is 0.137 e. The van der Waals surface area contributed by atoms with Gasteiger partial charge in [0.05, 0.1) is 5.69 Å². The van der Waals surface area contributed by atoms with Crippen LogP contribution in [-0.2, 0) is 10.8 Å². The van der Waals surface area contributed by atoms with Crippen LogP contribution in [0.15, 0.2) is 132 Å². The van der Waals surface area contributed by atoms with Gasteiger partial charge in [0.25, 0.3) is 0 Å². The van der Waals surface area contributed by atoms with E-state index in [-0.39, 0.29) is 10.8 Å². The number of nitrogens with zero attached hydrogens (tertiary/aromatic N) is 1. The fourth-order valence-corrected chi connectivity index (χ4v) is 8.03. The zero-order chi connectivity index (χ0) is 29.8. The maximum Gasteiger partial charge on any atom is 0.137 e. The highest BCUT2D eigenvalue weighted by Crippen LogP contribution is 2.55. The number of anilines is 3. The van der Waals surface area contributed by atoms with Gasteiger partial charge >= 0.3 is 0 Å². The highest BCUT2D eigenvalue weighted by atomic mass is 16.3. The average molecular weight is 568 g/mol. The lowest BCUT2D eigenvalue weighted by molar-refractivity contribution is 0.660. The van der Waals surface area contributed by atoms with Crippen LogP contribution in [0, 0.1) is 0 Å². The molecule has 0 radical (unpaired) electrons. The van der Waals surface area contributed by atoms with Crippen LogP contribution >= 0.6 is 0 Å². The van der Waals surface area contributed by atoms with Crippen molar-refractivity contribution in [1.29, 1.82) is 0 Å². The van der Waals surface area contributed by atoms with E-state index < -0.39 is 0 Å². The first-order valence-electron chi connectivity index (χ1n) is 15.5. The van der Waals surface area contributed by atoms with E-state index in [2.05, 4.69) is 154 Å². The van der Waals surface area contributed by atoms with Crippen LogP contribution in [0.5, 0.6) is 0 Å². The van der Waals surface area contributed by atoms with Crippen LogP contribution in [-0.4, -0.2) is 0 Å². The van der Waals surface area contributed by atoms with Gasteiger partial charge in [0.1, 0.15) is 11.2 Å². The molecule has 2 heteroatoms. The first-order valence-corrected chi connectivity index (χ1v) is 15.5. The molecule has 6 aromatic carbocycles. The van der Waals surface area contributed by atoms with Crippen molar-refractivity contribution in [3.8, 4) is 22.3 Å². The Morgan fingerprint density at radius 1 is 0.455 bits per heavy atom. The molecule has 1 aromatic heterocycles. The fraction of sp³-hybridized carbons (Fsp3) is 0.143. The van der Waals surface area contributed by atoms with Gasteiger partial charge in [0, 0.05) is 44.6 Å². The van der Waals surface area contributed by atoms with E-state index in [4.69, 9.17) is 4.42 Å². The van der Waals surface area contributed by atoms with E-state index in [0.717, 1.165) is 33.3 Å². The Hall–Kier alpha value is -5.08. The third-order valence-corrected chi connectivity index (χ3v) is 10.3. The third-order valence-electron chi connectivity index (χ3n) is 10.3. The Morgan fingerprint density at radius 2 is 1.05 bits per heavy atom. The SMILES string of the molecule is CC1(C)c2ccccc2-c2ccc(N(c3ccc4c(c3)oc3ccccc34)c3cccc4c3-c3ccccc3C4(C)C)cc21. The summed E-state index contributed by atoms with van der Waals surface area (Å²) >= 11 is 0. The summed E-state index contributed by atoms with van der Waals surface area (Å²) in [5.74, 6) is 0. The van der Waals surface area contributed by atoms with Crippen LogP contribution in [0.2, 0.25) is 0 Å². The molecule has 0 unspecified atom stereocenters. The Bertz CT molecular complexity index is 2300. The van der Waals surface area contributed by atoms with Gasteiger partial charge in [-0.05, 0) is 75.3 Å². The van der Waals surface area contributed by atoms with Gasteiger partial charge in [-0.1, -0.05) is 113 Å². The van der Waals surface area contributed by atoms with Crippen molar-refractivity contribution in [1.82, 2.24) is 0 Å². The Labute approximate surface area is 258 Å². The standard InChI is InChI=1S/C42H33NO/c1-41(2)34-16-9-6-14-32(34)40-35(41)17-11-18-37(40)43(27-21-23-31-30-13-7-10-19-38(30)44-39(31)25-27)26-20-22-29-28-12-5-8-15-33(28)42(3,4)36(29)24-26/h5-25H,1-4H3. The molecule has 2 aliphatic rings. The quantitative estimate of drug-likeness (QED) is 0.211. The first-order chi connectivity index (χ1) is 21.3. The van der Waals surface area contributed by atoms with Crippen molar-refractivity contribution >= 4 is 39.0 Å². The molecule has 44 heavy (non-hydrogen) atoms. The van der Waals surface area contributed by atoms with Crippen LogP contribution in [0.1, 0.15) is 49.9 Å². The van der Waals surface area contributed by atoms with Crippen molar-refractivity contribution in [2.75, 3.05) is 4.90 Å². The minimum Gasteiger partial charge on any atom is -0.456 e. The second-order valence-electron chi connectivity index (χ2n) is 13.4. The highest BCUT2D eigenvalue weighted by molar-refractivity contribution is 6.06. The summed E-state index contributed by atoms with van der Waals surface area (Å²) in [6.07, 6.45) is 0. The Balaban J connectivity index is 1.32. The molecule has 7 aromatic rings. The molecular weight excluding hydrogens is 534 g/mol. The third kappa shape index (κ3) is 3.31. The molecular formula is C42H33NO. The zero-order valence-electron chi connectivity index (χ0n) is 25.5.